The third-order valence-corrected chi connectivity index (χ3v) is 6.21. The lowest BCUT2D eigenvalue weighted by atomic mass is 10.0. The van der Waals surface area contributed by atoms with Crippen LogP contribution in [0, 0.1) is 0 Å². The molecule has 3 rings (SSSR count). The summed E-state index contributed by atoms with van der Waals surface area (Å²) < 4.78 is 27.1. The third kappa shape index (κ3) is 2.69. The van der Waals surface area contributed by atoms with Crippen LogP contribution in [-0.4, -0.2) is 33.1 Å². The normalized spacial score (nSPS) is 18.4. The van der Waals surface area contributed by atoms with Gasteiger partial charge in [-0.15, -0.1) is 0 Å². The number of piperidine rings is 1. The van der Waals surface area contributed by atoms with E-state index in [1.54, 1.807) is 11.6 Å². The minimum absolute atomic E-state index is 0.269. The van der Waals surface area contributed by atoms with Crippen molar-refractivity contribution in [1.29, 1.82) is 0 Å². The van der Waals surface area contributed by atoms with E-state index < -0.39 is 10.0 Å². The highest BCUT2D eigenvalue weighted by Gasteiger charge is 2.38. The summed E-state index contributed by atoms with van der Waals surface area (Å²) in [7, 11) is 0.153. The molecule has 23 heavy (non-hydrogen) atoms. The maximum absolute atomic E-state index is 12.3. The molecular formula is C17H26N3O2S+. The Morgan fingerprint density at radius 1 is 1.22 bits per heavy atom. The predicted octanol–water partition coefficient (Wildman–Crippen LogP) is 2.51. The monoisotopic (exact) mass is 336 g/mol. The molecule has 5 nitrogen and oxygen atoms in total. The van der Waals surface area contributed by atoms with Gasteiger partial charge < -0.3 is 4.57 Å². The number of aryl methyl sites for hydroxylation is 2. The Morgan fingerprint density at radius 2 is 1.87 bits per heavy atom. The van der Waals surface area contributed by atoms with Gasteiger partial charge in [-0.2, -0.15) is 0 Å². The summed E-state index contributed by atoms with van der Waals surface area (Å²) in [5.74, 6) is 0. The van der Waals surface area contributed by atoms with E-state index in [9.17, 15) is 8.42 Å². The lowest BCUT2D eigenvalue weighted by molar-refractivity contribution is 0.271. The number of hydrogen-bond acceptors (Lipinski definition) is 2. The van der Waals surface area contributed by atoms with Crippen LogP contribution in [0.2, 0.25) is 0 Å². The van der Waals surface area contributed by atoms with Gasteiger partial charge in [-0.1, -0.05) is 13.0 Å². The lowest BCUT2D eigenvalue weighted by Crippen LogP contribution is -2.49. The standard InChI is InChI=1S/C17H26N3O2S/c1-4-13-8-9-15-14(12-13)16(17(19(15)2)23(18,21)22)20(3)10-6-5-7-11-20/h8-9,12H,4-7,10-11H2,1-3H3,(H2,18,21,22)/q+1. The van der Waals surface area contributed by atoms with E-state index in [0.717, 1.165) is 48.9 Å². The minimum atomic E-state index is -3.79. The Bertz CT molecular complexity index is 846. The number of aromatic nitrogens is 1. The van der Waals surface area contributed by atoms with E-state index in [1.807, 2.05) is 6.07 Å². The van der Waals surface area contributed by atoms with E-state index in [1.165, 1.54) is 12.0 Å². The van der Waals surface area contributed by atoms with Gasteiger partial charge in [0.15, 0.2) is 5.69 Å². The van der Waals surface area contributed by atoms with Crippen LogP contribution < -0.4 is 9.62 Å². The number of nitrogens with zero attached hydrogens (tertiary/aromatic N) is 2. The van der Waals surface area contributed by atoms with Gasteiger partial charge in [0.1, 0.15) is 0 Å². The van der Waals surface area contributed by atoms with E-state index >= 15 is 0 Å². The molecule has 0 radical (unpaired) electrons. The number of hydrogen-bond donors (Lipinski definition) is 1. The van der Waals surface area contributed by atoms with Crippen molar-refractivity contribution in [2.45, 2.75) is 37.6 Å². The Kier molecular flexibility index (Phi) is 4.02. The summed E-state index contributed by atoms with van der Waals surface area (Å²) in [6.07, 6.45) is 4.37. The summed E-state index contributed by atoms with van der Waals surface area (Å²) in [4.78, 5) is 0. The maximum atomic E-state index is 12.3. The summed E-state index contributed by atoms with van der Waals surface area (Å²) in [5, 5.41) is 6.90. The fourth-order valence-electron chi connectivity index (χ4n) is 3.95. The molecule has 1 fully saturated rings. The van der Waals surface area contributed by atoms with Crippen molar-refractivity contribution < 1.29 is 8.42 Å². The Labute approximate surface area is 138 Å². The zero-order valence-corrected chi connectivity index (χ0v) is 15.0. The second kappa shape index (κ2) is 5.61. The summed E-state index contributed by atoms with van der Waals surface area (Å²) in [6.45, 7) is 4.03. The number of nitrogens with two attached hydrogens (primary N) is 1. The van der Waals surface area contributed by atoms with Gasteiger partial charge in [0.05, 0.1) is 31.0 Å². The molecule has 0 saturated carbocycles. The molecule has 0 unspecified atom stereocenters. The van der Waals surface area contributed by atoms with Crippen molar-refractivity contribution in [3.05, 3.63) is 23.8 Å². The van der Waals surface area contributed by atoms with Crippen molar-refractivity contribution in [3.8, 4) is 0 Å². The van der Waals surface area contributed by atoms with Crippen LogP contribution in [0.1, 0.15) is 31.7 Å². The number of quaternary nitrogens is 1. The summed E-state index contributed by atoms with van der Waals surface area (Å²) in [6, 6.07) is 6.22. The zero-order valence-electron chi connectivity index (χ0n) is 14.2. The first-order valence-corrected chi connectivity index (χ1v) is 9.82. The van der Waals surface area contributed by atoms with Crippen molar-refractivity contribution in [3.63, 3.8) is 0 Å². The first kappa shape index (κ1) is 16.5. The Morgan fingerprint density at radius 3 is 2.43 bits per heavy atom. The number of benzene rings is 1. The number of fused-ring (bicyclic) bond motifs is 1. The Hall–Kier alpha value is -1.37. The zero-order chi connectivity index (χ0) is 16.8. The fraction of sp³-hybridized carbons (Fsp3) is 0.529. The molecule has 1 aromatic carbocycles. The first-order chi connectivity index (χ1) is 10.8. The van der Waals surface area contributed by atoms with Crippen LogP contribution in [0.15, 0.2) is 23.2 Å². The van der Waals surface area contributed by atoms with Gasteiger partial charge in [-0.3, -0.25) is 4.48 Å². The van der Waals surface area contributed by atoms with Crippen LogP contribution in [0.3, 0.4) is 0 Å². The average Bonchev–Trinajstić information content (AvgIpc) is 2.81. The highest BCUT2D eigenvalue weighted by molar-refractivity contribution is 7.89. The smallest absolute Gasteiger partial charge is 0.259 e. The van der Waals surface area contributed by atoms with Crippen molar-refractivity contribution in [2.24, 2.45) is 12.2 Å². The minimum Gasteiger partial charge on any atom is -0.328 e. The molecule has 0 amide bonds. The van der Waals surface area contributed by atoms with Crippen molar-refractivity contribution in [2.75, 3.05) is 20.1 Å². The van der Waals surface area contributed by atoms with Gasteiger partial charge in [0, 0.05) is 7.05 Å². The van der Waals surface area contributed by atoms with Gasteiger partial charge >= 0.3 is 0 Å². The molecule has 2 N–H and O–H groups in total. The highest BCUT2D eigenvalue weighted by atomic mass is 32.2. The topological polar surface area (TPSA) is 65.1 Å². The van der Waals surface area contributed by atoms with E-state index in [-0.39, 0.29) is 5.03 Å². The number of rotatable bonds is 3. The SMILES string of the molecule is CCc1ccc2c(c1)c([N+]1(C)CCCCC1)c(S(N)(=O)=O)n2C. The molecule has 6 heteroatoms. The molecule has 1 aliphatic rings. The summed E-state index contributed by atoms with van der Waals surface area (Å²) in [5.41, 5.74) is 3.03. The average molecular weight is 336 g/mol. The van der Waals surface area contributed by atoms with Gasteiger partial charge in [-0.25, -0.2) is 13.6 Å². The largest absolute Gasteiger partial charge is 0.328 e. The fourth-order valence-corrected chi connectivity index (χ4v) is 5.03. The number of primary sulfonamides is 1. The molecular weight excluding hydrogens is 310 g/mol. The quantitative estimate of drug-likeness (QED) is 0.875. The van der Waals surface area contributed by atoms with Gasteiger partial charge in [0.25, 0.3) is 10.0 Å². The van der Waals surface area contributed by atoms with Crippen LogP contribution in [0.4, 0.5) is 5.69 Å². The third-order valence-electron chi connectivity index (χ3n) is 5.21. The molecule has 0 bridgehead atoms. The predicted molar refractivity (Wildman–Crippen MR) is 95.0 cm³/mol. The van der Waals surface area contributed by atoms with E-state index in [2.05, 4.69) is 26.1 Å². The second-order valence-corrected chi connectivity index (χ2v) is 8.34. The molecule has 1 aromatic heterocycles. The number of likely N-dealkylation sites (tertiary alicyclic amines) is 1. The van der Waals surface area contributed by atoms with Crippen LogP contribution >= 0.6 is 0 Å². The highest BCUT2D eigenvalue weighted by Crippen LogP contribution is 2.41. The first-order valence-electron chi connectivity index (χ1n) is 8.27. The number of sulfonamides is 1. The molecule has 0 aliphatic carbocycles. The van der Waals surface area contributed by atoms with Crippen LogP contribution in [-0.2, 0) is 23.5 Å². The van der Waals surface area contributed by atoms with Crippen LogP contribution in [0.25, 0.3) is 10.9 Å². The van der Waals surface area contributed by atoms with Gasteiger partial charge in [0.2, 0.25) is 5.03 Å². The Balaban J connectivity index is 2.40. The lowest BCUT2D eigenvalue weighted by Gasteiger charge is -2.37. The molecule has 2 aromatic rings. The maximum Gasteiger partial charge on any atom is 0.259 e. The van der Waals surface area contributed by atoms with Crippen LogP contribution in [0.5, 0.6) is 0 Å². The molecule has 0 atom stereocenters. The molecule has 0 spiro atoms. The van der Waals surface area contributed by atoms with Crippen molar-refractivity contribution in [1.82, 2.24) is 9.05 Å². The van der Waals surface area contributed by atoms with E-state index in [0.29, 0.717) is 4.48 Å². The van der Waals surface area contributed by atoms with E-state index in [4.69, 9.17) is 5.14 Å². The molecule has 2 heterocycles. The molecule has 1 saturated heterocycles. The van der Waals surface area contributed by atoms with Gasteiger partial charge in [-0.05, 0) is 43.4 Å². The summed E-state index contributed by atoms with van der Waals surface area (Å²) >= 11 is 0. The second-order valence-electron chi connectivity index (χ2n) is 6.87. The van der Waals surface area contributed by atoms with Crippen molar-refractivity contribution >= 4 is 26.6 Å². The molecule has 1 aliphatic heterocycles. The molecule has 126 valence electrons.